The lowest BCUT2D eigenvalue weighted by molar-refractivity contribution is 0.0726. The Morgan fingerprint density at radius 3 is 2.92 bits per heavy atom. The van der Waals surface area contributed by atoms with Gasteiger partial charge in [-0.1, -0.05) is 18.2 Å². The van der Waals surface area contributed by atoms with Gasteiger partial charge < -0.3 is 4.90 Å². The zero-order valence-electron chi connectivity index (χ0n) is 13.5. The number of hydrogen-bond acceptors (Lipinski definition) is 3. The zero-order valence-corrected chi connectivity index (χ0v) is 13.5. The average Bonchev–Trinajstić information content (AvgIpc) is 3.27. The maximum atomic E-state index is 13.0. The van der Waals surface area contributed by atoms with E-state index in [9.17, 15) is 4.79 Å². The fraction of sp³-hybridized carbons (Fsp3) is 0.316. The number of amides is 1. The van der Waals surface area contributed by atoms with E-state index in [0.29, 0.717) is 11.7 Å². The maximum Gasteiger partial charge on any atom is 0.275 e. The highest BCUT2D eigenvalue weighted by atomic mass is 16.2. The van der Waals surface area contributed by atoms with Gasteiger partial charge in [0.05, 0.1) is 5.52 Å². The minimum absolute atomic E-state index is 0.0460. The van der Waals surface area contributed by atoms with Crippen molar-refractivity contribution in [3.05, 3.63) is 60.0 Å². The summed E-state index contributed by atoms with van der Waals surface area (Å²) in [6, 6.07) is 12.2. The minimum atomic E-state index is 0.0460. The third kappa shape index (κ3) is 2.77. The summed E-state index contributed by atoms with van der Waals surface area (Å²) in [5.41, 5.74) is 2.73. The predicted molar refractivity (Wildman–Crippen MR) is 92.7 cm³/mol. The Kier molecular flexibility index (Phi) is 3.99. The van der Waals surface area contributed by atoms with E-state index in [1.807, 2.05) is 53.7 Å². The summed E-state index contributed by atoms with van der Waals surface area (Å²) in [6.45, 7) is 0.820. The third-order valence-corrected chi connectivity index (χ3v) is 4.83. The molecule has 5 heteroatoms. The normalized spacial score (nSPS) is 17.5. The van der Waals surface area contributed by atoms with Gasteiger partial charge in [-0.25, -0.2) is 0 Å². The van der Waals surface area contributed by atoms with Crippen LogP contribution in [0.5, 0.6) is 0 Å². The monoisotopic (exact) mass is 320 g/mol. The Bertz CT molecular complexity index is 843. The minimum Gasteiger partial charge on any atom is -0.334 e. The second kappa shape index (κ2) is 6.43. The number of hydrogen-bond donors (Lipinski definition) is 1. The summed E-state index contributed by atoms with van der Waals surface area (Å²) in [6.07, 6.45) is 7.73. The standard InChI is InChI=1S/C19H20N4O/c24-19(18-16-5-1-2-6-17(16)21-22-18)23-13-3-4-15(23)8-7-14-9-11-20-12-10-14/h1-2,5-6,9-12,15H,3-4,7-8,13H2,(H,21,22)/t15-/m0/s1. The number of aromatic nitrogens is 3. The van der Waals surface area contributed by atoms with Gasteiger partial charge in [0.15, 0.2) is 5.69 Å². The SMILES string of the molecule is O=C(c1n[nH]c2ccccc12)N1CCC[C@H]1CCc1ccncc1. The Morgan fingerprint density at radius 2 is 2.04 bits per heavy atom. The Morgan fingerprint density at radius 1 is 1.21 bits per heavy atom. The lowest BCUT2D eigenvalue weighted by atomic mass is 10.0. The van der Waals surface area contributed by atoms with E-state index in [2.05, 4.69) is 15.2 Å². The van der Waals surface area contributed by atoms with Crippen LogP contribution in [-0.4, -0.2) is 38.6 Å². The van der Waals surface area contributed by atoms with E-state index in [-0.39, 0.29) is 5.91 Å². The second-order valence-corrected chi connectivity index (χ2v) is 6.31. The van der Waals surface area contributed by atoms with Gasteiger partial charge in [-0.2, -0.15) is 5.10 Å². The van der Waals surface area contributed by atoms with Gasteiger partial charge in [-0.05, 0) is 49.4 Å². The molecule has 5 nitrogen and oxygen atoms in total. The van der Waals surface area contributed by atoms with Gasteiger partial charge in [-0.3, -0.25) is 14.9 Å². The van der Waals surface area contributed by atoms with Gasteiger partial charge in [0.1, 0.15) is 0 Å². The Labute approximate surface area is 140 Å². The maximum absolute atomic E-state index is 13.0. The van der Waals surface area contributed by atoms with E-state index in [1.165, 1.54) is 5.56 Å². The molecule has 0 bridgehead atoms. The molecular formula is C19H20N4O. The molecule has 4 rings (SSSR count). The lowest BCUT2D eigenvalue weighted by Crippen LogP contribution is -2.36. The van der Waals surface area contributed by atoms with Gasteiger partial charge in [0, 0.05) is 30.4 Å². The van der Waals surface area contributed by atoms with Gasteiger partial charge >= 0.3 is 0 Å². The van der Waals surface area contributed by atoms with Crippen LogP contribution in [0.15, 0.2) is 48.8 Å². The molecular weight excluding hydrogens is 300 g/mol. The fourth-order valence-electron chi connectivity index (χ4n) is 3.55. The molecule has 1 atom stereocenters. The van der Waals surface area contributed by atoms with Crippen LogP contribution >= 0.6 is 0 Å². The van der Waals surface area contributed by atoms with Crippen molar-refractivity contribution in [2.24, 2.45) is 0 Å². The van der Waals surface area contributed by atoms with Gasteiger partial charge in [-0.15, -0.1) is 0 Å². The third-order valence-electron chi connectivity index (χ3n) is 4.83. The number of H-pyrrole nitrogens is 1. The molecule has 1 fully saturated rings. The summed E-state index contributed by atoms with van der Waals surface area (Å²) in [5.74, 6) is 0.0460. The summed E-state index contributed by atoms with van der Waals surface area (Å²) < 4.78 is 0. The van der Waals surface area contributed by atoms with Crippen LogP contribution in [0, 0.1) is 0 Å². The number of likely N-dealkylation sites (tertiary alicyclic amines) is 1. The highest BCUT2D eigenvalue weighted by Crippen LogP contribution is 2.25. The van der Waals surface area contributed by atoms with Crippen LogP contribution in [0.1, 0.15) is 35.3 Å². The number of carbonyl (C=O) groups is 1. The van der Waals surface area contributed by atoms with Crippen molar-refractivity contribution in [1.82, 2.24) is 20.1 Å². The van der Waals surface area contributed by atoms with Crippen LogP contribution in [0.2, 0.25) is 0 Å². The van der Waals surface area contributed by atoms with Crippen LogP contribution in [0.25, 0.3) is 10.9 Å². The molecule has 122 valence electrons. The van der Waals surface area contributed by atoms with Crippen molar-refractivity contribution in [3.8, 4) is 0 Å². The van der Waals surface area contributed by atoms with Crippen molar-refractivity contribution in [2.45, 2.75) is 31.7 Å². The first kappa shape index (κ1) is 14.9. The molecule has 0 unspecified atom stereocenters. The number of aromatic amines is 1. The van der Waals surface area contributed by atoms with Crippen molar-refractivity contribution in [1.29, 1.82) is 0 Å². The number of nitrogens with one attached hydrogen (secondary N) is 1. The molecule has 2 aromatic heterocycles. The van der Waals surface area contributed by atoms with E-state index in [4.69, 9.17) is 0 Å². The molecule has 24 heavy (non-hydrogen) atoms. The Hall–Kier alpha value is -2.69. The van der Waals surface area contributed by atoms with E-state index < -0.39 is 0 Å². The van der Waals surface area contributed by atoms with Crippen molar-refractivity contribution < 1.29 is 4.79 Å². The molecule has 1 aliphatic heterocycles. The molecule has 0 aliphatic carbocycles. The second-order valence-electron chi connectivity index (χ2n) is 6.31. The number of nitrogens with zero attached hydrogens (tertiary/aromatic N) is 3. The molecule has 0 spiro atoms. The van der Waals surface area contributed by atoms with E-state index in [1.54, 1.807) is 0 Å². The lowest BCUT2D eigenvalue weighted by Gasteiger charge is -2.24. The van der Waals surface area contributed by atoms with Crippen molar-refractivity contribution in [3.63, 3.8) is 0 Å². The number of para-hydroxylation sites is 1. The highest BCUT2D eigenvalue weighted by molar-refractivity contribution is 6.04. The van der Waals surface area contributed by atoms with E-state index >= 15 is 0 Å². The molecule has 0 saturated carbocycles. The first-order valence-electron chi connectivity index (χ1n) is 8.46. The van der Waals surface area contributed by atoms with Gasteiger partial charge in [0.2, 0.25) is 0 Å². The number of carbonyl (C=O) groups excluding carboxylic acids is 1. The van der Waals surface area contributed by atoms with Crippen LogP contribution in [0.4, 0.5) is 0 Å². The molecule has 3 aromatic rings. The van der Waals surface area contributed by atoms with Crippen LogP contribution < -0.4 is 0 Å². The smallest absolute Gasteiger partial charge is 0.275 e. The summed E-state index contributed by atoms with van der Waals surface area (Å²) in [4.78, 5) is 19.0. The molecule has 1 aliphatic rings. The molecule has 3 heterocycles. The predicted octanol–water partition coefficient (Wildman–Crippen LogP) is 3.20. The first-order chi connectivity index (χ1) is 11.8. The number of benzene rings is 1. The number of rotatable bonds is 4. The van der Waals surface area contributed by atoms with Crippen molar-refractivity contribution >= 4 is 16.8 Å². The van der Waals surface area contributed by atoms with Crippen LogP contribution in [-0.2, 0) is 6.42 Å². The van der Waals surface area contributed by atoms with Gasteiger partial charge in [0.25, 0.3) is 5.91 Å². The number of aryl methyl sites for hydroxylation is 1. The average molecular weight is 320 g/mol. The summed E-state index contributed by atoms with van der Waals surface area (Å²) in [7, 11) is 0. The fourth-order valence-corrected chi connectivity index (χ4v) is 3.55. The van der Waals surface area contributed by atoms with Crippen LogP contribution in [0.3, 0.4) is 0 Å². The Balaban J connectivity index is 1.51. The largest absolute Gasteiger partial charge is 0.334 e. The summed E-state index contributed by atoms with van der Waals surface area (Å²) in [5, 5.41) is 8.13. The quantitative estimate of drug-likeness (QED) is 0.803. The zero-order chi connectivity index (χ0) is 16.4. The highest BCUT2D eigenvalue weighted by Gasteiger charge is 2.31. The number of pyridine rings is 1. The van der Waals surface area contributed by atoms with E-state index in [0.717, 1.165) is 43.1 Å². The molecule has 0 radical (unpaired) electrons. The molecule has 1 aromatic carbocycles. The number of fused-ring (bicyclic) bond motifs is 1. The first-order valence-corrected chi connectivity index (χ1v) is 8.46. The van der Waals surface area contributed by atoms with Crippen molar-refractivity contribution in [2.75, 3.05) is 6.54 Å². The molecule has 1 saturated heterocycles. The summed E-state index contributed by atoms with van der Waals surface area (Å²) >= 11 is 0. The molecule has 1 amide bonds. The topological polar surface area (TPSA) is 61.9 Å². The molecule has 1 N–H and O–H groups in total.